The first-order valence-electron chi connectivity index (χ1n) is 9.44. The van der Waals surface area contributed by atoms with Crippen LogP contribution in [0.3, 0.4) is 0 Å². The van der Waals surface area contributed by atoms with Crippen LogP contribution in [0.4, 0.5) is 0 Å². The monoisotopic (exact) mass is 391 g/mol. The standard InChI is InChI=1S/C23H25N3O3/c1-16-20(17(2)26(24-16)19-13-9-6-10-14-19)15-21(27)29-22(23(28)25(3)4)18-11-7-5-8-12-18/h5-14,22H,15H2,1-4H3/t22-/m0/s1. The van der Waals surface area contributed by atoms with Gasteiger partial charge in [-0.2, -0.15) is 5.10 Å². The van der Waals surface area contributed by atoms with E-state index in [1.165, 1.54) is 4.90 Å². The fourth-order valence-corrected chi connectivity index (χ4v) is 3.19. The zero-order valence-corrected chi connectivity index (χ0v) is 17.1. The molecule has 0 saturated heterocycles. The van der Waals surface area contributed by atoms with Crippen molar-refractivity contribution in [1.29, 1.82) is 0 Å². The van der Waals surface area contributed by atoms with Crippen molar-refractivity contribution in [2.45, 2.75) is 26.4 Å². The van der Waals surface area contributed by atoms with Crippen molar-refractivity contribution < 1.29 is 14.3 Å². The lowest BCUT2D eigenvalue weighted by atomic mass is 10.1. The Bertz CT molecular complexity index is 995. The van der Waals surface area contributed by atoms with Gasteiger partial charge in [-0.3, -0.25) is 9.59 Å². The van der Waals surface area contributed by atoms with Crippen LogP contribution in [-0.4, -0.2) is 40.7 Å². The van der Waals surface area contributed by atoms with E-state index in [1.54, 1.807) is 26.2 Å². The maximum atomic E-state index is 12.7. The second-order valence-electron chi connectivity index (χ2n) is 7.09. The summed E-state index contributed by atoms with van der Waals surface area (Å²) in [6.07, 6.45) is -0.919. The van der Waals surface area contributed by atoms with Crippen molar-refractivity contribution in [2.24, 2.45) is 0 Å². The number of benzene rings is 2. The van der Waals surface area contributed by atoms with E-state index in [2.05, 4.69) is 5.10 Å². The van der Waals surface area contributed by atoms with Gasteiger partial charge in [-0.25, -0.2) is 4.68 Å². The third-order valence-electron chi connectivity index (χ3n) is 4.78. The van der Waals surface area contributed by atoms with Crippen LogP contribution < -0.4 is 0 Å². The average Bonchev–Trinajstić information content (AvgIpc) is 3.01. The van der Waals surface area contributed by atoms with Gasteiger partial charge in [0.15, 0.2) is 0 Å². The molecule has 0 N–H and O–H groups in total. The van der Waals surface area contributed by atoms with Gasteiger partial charge in [0.1, 0.15) is 0 Å². The molecule has 1 aromatic heterocycles. The normalized spacial score (nSPS) is 11.7. The molecule has 6 heteroatoms. The second-order valence-corrected chi connectivity index (χ2v) is 7.09. The molecule has 0 radical (unpaired) electrons. The Morgan fingerprint density at radius 2 is 1.59 bits per heavy atom. The molecule has 0 bridgehead atoms. The summed E-state index contributed by atoms with van der Waals surface area (Å²) in [7, 11) is 3.29. The molecule has 0 aliphatic rings. The highest BCUT2D eigenvalue weighted by Gasteiger charge is 2.27. The van der Waals surface area contributed by atoms with E-state index in [0.29, 0.717) is 5.56 Å². The van der Waals surface area contributed by atoms with E-state index < -0.39 is 12.1 Å². The fourth-order valence-electron chi connectivity index (χ4n) is 3.19. The van der Waals surface area contributed by atoms with E-state index in [1.807, 2.05) is 67.1 Å². The predicted molar refractivity (Wildman–Crippen MR) is 111 cm³/mol. The first-order valence-corrected chi connectivity index (χ1v) is 9.44. The molecule has 1 atom stereocenters. The van der Waals surface area contributed by atoms with E-state index >= 15 is 0 Å². The zero-order valence-electron chi connectivity index (χ0n) is 17.1. The van der Waals surface area contributed by atoms with Gasteiger partial charge in [0, 0.05) is 30.9 Å². The lowest BCUT2D eigenvalue weighted by Gasteiger charge is -2.21. The molecule has 0 spiro atoms. The van der Waals surface area contributed by atoms with E-state index in [9.17, 15) is 9.59 Å². The maximum absolute atomic E-state index is 12.7. The quantitative estimate of drug-likeness (QED) is 0.604. The molecule has 3 rings (SSSR count). The summed E-state index contributed by atoms with van der Waals surface area (Å²) >= 11 is 0. The SMILES string of the molecule is Cc1nn(-c2ccccc2)c(C)c1CC(=O)O[C@H](C(=O)N(C)C)c1ccccc1. The van der Waals surface area contributed by atoms with Gasteiger partial charge in [-0.1, -0.05) is 48.5 Å². The molecule has 1 amide bonds. The number of rotatable bonds is 6. The maximum Gasteiger partial charge on any atom is 0.311 e. The fraction of sp³-hybridized carbons (Fsp3) is 0.261. The number of para-hydroxylation sites is 1. The Balaban J connectivity index is 1.82. The van der Waals surface area contributed by atoms with Gasteiger partial charge in [0.25, 0.3) is 5.91 Å². The summed E-state index contributed by atoms with van der Waals surface area (Å²) in [5.74, 6) is -0.745. The van der Waals surface area contributed by atoms with Gasteiger partial charge in [-0.15, -0.1) is 0 Å². The smallest absolute Gasteiger partial charge is 0.311 e. The summed E-state index contributed by atoms with van der Waals surface area (Å²) in [5.41, 5.74) is 4.02. The summed E-state index contributed by atoms with van der Waals surface area (Å²) < 4.78 is 7.44. The summed E-state index contributed by atoms with van der Waals surface area (Å²) in [6.45, 7) is 3.80. The average molecular weight is 391 g/mol. The van der Waals surface area contributed by atoms with Crippen LogP contribution in [0.25, 0.3) is 5.69 Å². The van der Waals surface area contributed by atoms with Crippen molar-refractivity contribution in [3.63, 3.8) is 0 Å². The van der Waals surface area contributed by atoms with Gasteiger partial charge in [-0.05, 0) is 26.0 Å². The molecule has 6 nitrogen and oxygen atoms in total. The molecule has 0 unspecified atom stereocenters. The Kier molecular flexibility index (Phi) is 6.12. The highest BCUT2D eigenvalue weighted by molar-refractivity contribution is 5.85. The molecule has 3 aromatic rings. The lowest BCUT2D eigenvalue weighted by molar-refractivity contribution is -0.159. The topological polar surface area (TPSA) is 64.4 Å². The van der Waals surface area contributed by atoms with Crippen molar-refractivity contribution in [1.82, 2.24) is 14.7 Å². The minimum atomic E-state index is -0.969. The minimum absolute atomic E-state index is 0.0501. The third kappa shape index (κ3) is 4.54. The van der Waals surface area contributed by atoms with E-state index in [4.69, 9.17) is 4.74 Å². The first-order chi connectivity index (χ1) is 13.9. The Morgan fingerprint density at radius 1 is 1.00 bits per heavy atom. The largest absolute Gasteiger partial charge is 0.447 e. The number of likely N-dealkylation sites (N-methyl/N-ethyl adjacent to an activating group) is 1. The van der Waals surface area contributed by atoms with Crippen LogP contribution in [0.5, 0.6) is 0 Å². The molecule has 0 aliphatic carbocycles. The number of carbonyl (C=O) groups excluding carboxylic acids is 2. The number of aromatic nitrogens is 2. The molecule has 0 saturated carbocycles. The van der Waals surface area contributed by atoms with Crippen molar-refractivity contribution >= 4 is 11.9 Å². The Morgan fingerprint density at radius 3 is 2.17 bits per heavy atom. The highest BCUT2D eigenvalue weighted by atomic mass is 16.5. The lowest BCUT2D eigenvalue weighted by Crippen LogP contribution is -2.31. The molecule has 0 aliphatic heterocycles. The van der Waals surface area contributed by atoms with E-state index in [-0.39, 0.29) is 12.3 Å². The third-order valence-corrected chi connectivity index (χ3v) is 4.78. The minimum Gasteiger partial charge on any atom is -0.447 e. The summed E-state index contributed by atoms with van der Waals surface area (Å²) in [6, 6.07) is 18.8. The Labute approximate surface area is 170 Å². The molecular weight excluding hydrogens is 366 g/mol. The first kappa shape index (κ1) is 20.3. The molecule has 150 valence electrons. The van der Waals surface area contributed by atoms with Crippen LogP contribution in [0.1, 0.15) is 28.6 Å². The van der Waals surface area contributed by atoms with Crippen molar-refractivity contribution in [3.05, 3.63) is 83.2 Å². The molecular formula is C23H25N3O3. The number of carbonyl (C=O) groups is 2. The second kappa shape index (κ2) is 8.73. The summed E-state index contributed by atoms with van der Waals surface area (Å²) in [5, 5.41) is 4.57. The number of aryl methyl sites for hydroxylation is 1. The van der Waals surface area contributed by atoms with E-state index in [0.717, 1.165) is 22.6 Å². The zero-order chi connectivity index (χ0) is 21.0. The molecule has 0 fully saturated rings. The van der Waals surface area contributed by atoms with Crippen LogP contribution in [-0.2, 0) is 20.7 Å². The number of hydrogen-bond donors (Lipinski definition) is 0. The van der Waals surface area contributed by atoms with Crippen LogP contribution in [0, 0.1) is 13.8 Å². The van der Waals surface area contributed by atoms with Crippen LogP contribution >= 0.6 is 0 Å². The van der Waals surface area contributed by atoms with Crippen LogP contribution in [0.2, 0.25) is 0 Å². The predicted octanol–water partition coefficient (Wildman–Crippen LogP) is 3.40. The summed E-state index contributed by atoms with van der Waals surface area (Å²) in [4.78, 5) is 26.8. The van der Waals surface area contributed by atoms with Crippen molar-refractivity contribution in [3.8, 4) is 5.69 Å². The van der Waals surface area contributed by atoms with Gasteiger partial charge in [0.05, 0.1) is 17.8 Å². The number of ether oxygens (including phenoxy) is 1. The number of nitrogens with zero attached hydrogens (tertiary/aromatic N) is 3. The molecule has 29 heavy (non-hydrogen) atoms. The highest BCUT2D eigenvalue weighted by Crippen LogP contribution is 2.23. The van der Waals surface area contributed by atoms with Gasteiger partial charge < -0.3 is 9.64 Å². The molecule has 2 aromatic carbocycles. The number of esters is 1. The van der Waals surface area contributed by atoms with Gasteiger partial charge in [0.2, 0.25) is 6.10 Å². The van der Waals surface area contributed by atoms with Gasteiger partial charge >= 0.3 is 5.97 Å². The Hall–Kier alpha value is -3.41. The number of hydrogen-bond acceptors (Lipinski definition) is 4. The van der Waals surface area contributed by atoms with Crippen LogP contribution in [0.15, 0.2) is 60.7 Å². The number of amides is 1. The molecule has 1 heterocycles. The van der Waals surface area contributed by atoms with Crippen molar-refractivity contribution in [2.75, 3.05) is 14.1 Å².